The quantitative estimate of drug-likeness (QED) is 0.674. The van der Waals surface area contributed by atoms with E-state index in [4.69, 9.17) is 4.74 Å². The Morgan fingerprint density at radius 3 is 2.26 bits per heavy atom. The number of alkyl halides is 3. The summed E-state index contributed by atoms with van der Waals surface area (Å²) in [6, 6.07) is -0.382. The highest BCUT2D eigenvalue weighted by molar-refractivity contribution is 5.80. The number of alkyl carbamates (subject to hydrolysis) is 1. The van der Waals surface area contributed by atoms with E-state index < -0.39 is 30.9 Å². The Labute approximate surface area is 134 Å². The summed E-state index contributed by atoms with van der Waals surface area (Å²) in [7, 11) is 0. The maximum absolute atomic E-state index is 12.0. The summed E-state index contributed by atoms with van der Waals surface area (Å²) < 4.78 is 45.3. The van der Waals surface area contributed by atoms with Crippen LogP contribution in [0.15, 0.2) is 0 Å². The number of nitrogens with one attached hydrogen (secondary N) is 2. The molecule has 0 heterocycles. The SMILES string of the molecule is CCOC(=O)N[C@H](CNC(=O)[C@@H](C)OCC(F)(F)F)CC(C)C. The molecule has 0 bridgehead atoms. The molecule has 0 rings (SSSR count). The van der Waals surface area contributed by atoms with Crippen LogP contribution in [0.2, 0.25) is 0 Å². The molecular formula is C14H25F3N2O4. The van der Waals surface area contributed by atoms with Gasteiger partial charge in [-0.2, -0.15) is 13.2 Å². The van der Waals surface area contributed by atoms with Gasteiger partial charge in [0.2, 0.25) is 5.91 Å². The smallest absolute Gasteiger partial charge is 0.411 e. The summed E-state index contributed by atoms with van der Waals surface area (Å²) in [6.45, 7) is 5.59. The lowest BCUT2D eigenvalue weighted by molar-refractivity contribution is -0.185. The lowest BCUT2D eigenvalue weighted by atomic mass is 10.0. The molecule has 0 aromatic rings. The molecule has 0 aromatic carbocycles. The average molecular weight is 342 g/mol. The van der Waals surface area contributed by atoms with Crippen molar-refractivity contribution in [1.29, 1.82) is 0 Å². The standard InChI is InChI=1S/C14H25F3N2O4/c1-5-22-13(21)19-11(6-9(2)3)7-18-12(20)10(4)23-8-14(15,16)17/h9-11H,5-8H2,1-4H3,(H,18,20)(H,19,21)/t10-,11+/m1/s1. The van der Waals surface area contributed by atoms with Crippen molar-refractivity contribution < 1.29 is 32.2 Å². The first-order valence-electron chi connectivity index (χ1n) is 7.44. The molecular weight excluding hydrogens is 317 g/mol. The van der Waals surface area contributed by atoms with E-state index in [0.717, 1.165) is 0 Å². The second-order valence-electron chi connectivity index (χ2n) is 5.50. The van der Waals surface area contributed by atoms with Crippen molar-refractivity contribution in [3.8, 4) is 0 Å². The molecule has 2 atom stereocenters. The van der Waals surface area contributed by atoms with Crippen molar-refractivity contribution in [2.75, 3.05) is 19.8 Å². The third-order valence-corrected chi connectivity index (χ3v) is 2.74. The Hall–Kier alpha value is -1.51. The van der Waals surface area contributed by atoms with Crippen molar-refractivity contribution in [1.82, 2.24) is 10.6 Å². The topological polar surface area (TPSA) is 76.7 Å². The molecule has 136 valence electrons. The van der Waals surface area contributed by atoms with E-state index in [0.29, 0.717) is 6.42 Å². The molecule has 0 unspecified atom stereocenters. The van der Waals surface area contributed by atoms with Gasteiger partial charge in [0.25, 0.3) is 0 Å². The fourth-order valence-corrected chi connectivity index (χ4v) is 1.76. The van der Waals surface area contributed by atoms with Crippen LogP contribution >= 0.6 is 0 Å². The summed E-state index contributed by atoms with van der Waals surface area (Å²) in [5.41, 5.74) is 0. The van der Waals surface area contributed by atoms with Crippen molar-refractivity contribution in [2.24, 2.45) is 5.92 Å². The molecule has 23 heavy (non-hydrogen) atoms. The van der Waals surface area contributed by atoms with Gasteiger partial charge in [-0.15, -0.1) is 0 Å². The van der Waals surface area contributed by atoms with Gasteiger partial charge in [0, 0.05) is 12.6 Å². The van der Waals surface area contributed by atoms with Crippen molar-refractivity contribution in [3.05, 3.63) is 0 Å². The van der Waals surface area contributed by atoms with E-state index in [2.05, 4.69) is 15.4 Å². The van der Waals surface area contributed by atoms with Crippen LogP contribution in [0, 0.1) is 5.92 Å². The van der Waals surface area contributed by atoms with Crippen LogP contribution in [-0.2, 0) is 14.3 Å². The number of hydrogen-bond donors (Lipinski definition) is 2. The van der Waals surface area contributed by atoms with Crippen LogP contribution in [0.1, 0.15) is 34.1 Å². The third-order valence-electron chi connectivity index (χ3n) is 2.74. The van der Waals surface area contributed by atoms with Crippen molar-refractivity contribution in [3.63, 3.8) is 0 Å². The van der Waals surface area contributed by atoms with E-state index in [1.165, 1.54) is 6.92 Å². The van der Waals surface area contributed by atoms with Crippen LogP contribution in [0.4, 0.5) is 18.0 Å². The summed E-state index contributed by atoms with van der Waals surface area (Å²) in [4.78, 5) is 23.1. The second-order valence-corrected chi connectivity index (χ2v) is 5.50. The van der Waals surface area contributed by atoms with Gasteiger partial charge in [-0.3, -0.25) is 4.79 Å². The first kappa shape index (κ1) is 21.5. The summed E-state index contributed by atoms with van der Waals surface area (Å²) in [5.74, 6) is -0.425. The fourth-order valence-electron chi connectivity index (χ4n) is 1.76. The highest BCUT2D eigenvalue weighted by Gasteiger charge is 2.30. The van der Waals surface area contributed by atoms with Gasteiger partial charge in [0.1, 0.15) is 12.7 Å². The first-order valence-corrected chi connectivity index (χ1v) is 7.44. The zero-order valence-corrected chi connectivity index (χ0v) is 13.8. The van der Waals surface area contributed by atoms with E-state index in [1.807, 2.05) is 13.8 Å². The van der Waals surface area contributed by atoms with Crippen LogP contribution in [-0.4, -0.2) is 50.1 Å². The van der Waals surface area contributed by atoms with Crippen LogP contribution in [0.25, 0.3) is 0 Å². The molecule has 0 aromatic heterocycles. The first-order chi connectivity index (χ1) is 10.5. The molecule has 2 amide bonds. The van der Waals surface area contributed by atoms with Crippen molar-refractivity contribution in [2.45, 2.75) is 52.4 Å². The lowest BCUT2D eigenvalue weighted by Crippen LogP contribution is -2.47. The predicted molar refractivity (Wildman–Crippen MR) is 77.9 cm³/mol. The number of ether oxygens (including phenoxy) is 2. The van der Waals surface area contributed by atoms with Crippen LogP contribution in [0.3, 0.4) is 0 Å². The van der Waals surface area contributed by atoms with E-state index in [9.17, 15) is 22.8 Å². The minimum absolute atomic E-state index is 0.0789. The Morgan fingerprint density at radius 1 is 1.17 bits per heavy atom. The Morgan fingerprint density at radius 2 is 1.78 bits per heavy atom. The molecule has 0 aliphatic heterocycles. The molecule has 0 radical (unpaired) electrons. The average Bonchev–Trinajstić information content (AvgIpc) is 2.40. The maximum Gasteiger partial charge on any atom is 0.411 e. The van der Waals surface area contributed by atoms with Gasteiger partial charge < -0.3 is 20.1 Å². The predicted octanol–water partition coefficient (Wildman–Crippen LogP) is 2.23. The van der Waals surface area contributed by atoms with Gasteiger partial charge in [0.15, 0.2) is 0 Å². The molecule has 0 saturated heterocycles. The molecule has 0 aliphatic carbocycles. The van der Waals surface area contributed by atoms with Crippen LogP contribution in [0.5, 0.6) is 0 Å². The Kier molecular flexibility index (Phi) is 9.62. The molecule has 0 fully saturated rings. The molecule has 6 nitrogen and oxygen atoms in total. The van der Waals surface area contributed by atoms with Crippen LogP contribution < -0.4 is 10.6 Å². The van der Waals surface area contributed by atoms with E-state index >= 15 is 0 Å². The zero-order valence-electron chi connectivity index (χ0n) is 13.8. The zero-order chi connectivity index (χ0) is 18.0. The minimum Gasteiger partial charge on any atom is -0.450 e. The second kappa shape index (κ2) is 10.3. The molecule has 0 spiro atoms. The highest BCUT2D eigenvalue weighted by Crippen LogP contribution is 2.15. The lowest BCUT2D eigenvalue weighted by Gasteiger charge is -2.22. The molecule has 9 heteroatoms. The normalized spacial score (nSPS) is 14.3. The van der Waals surface area contributed by atoms with Crippen molar-refractivity contribution >= 4 is 12.0 Å². The number of halogens is 3. The van der Waals surface area contributed by atoms with Gasteiger partial charge in [-0.05, 0) is 26.2 Å². The largest absolute Gasteiger partial charge is 0.450 e. The summed E-state index contributed by atoms with van der Waals surface area (Å²) in [5, 5.41) is 5.07. The fraction of sp³-hybridized carbons (Fsp3) is 0.857. The van der Waals surface area contributed by atoms with E-state index in [-0.39, 0.29) is 25.1 Å². The molecule has 0 saturated carbocycles. The third kappa shape index (κ3) is 11.7. The van der Waals surface area contributed by atoms with Gasteiger partial charge >= 0.3 is 12.3 Å². The maximum atomic E-state index is 12.0. The van der Waals surface area contributed by atoms with Gasteiger partial charge in [-0.25, -0.2) is 4.79 Å². The Bertz CT molecular complexity index is 376. The number of amides is 2. The number of rotatable bonds is 9. The van der Waals surface area contributed by atoms with E-state index in [1.54, 1.807) is 6.92 Å². The monoisotopic (exact) mass is 342 g/mol. The molecule has 2 N–H and O–H groups in total. The van der Waals surface area contributed by atoms with Gasteiger partial charge in [0.05, 0.1) is 6.61 Å². The summed E-state index contributed by atoms with van der Waals surface area (Å²) in [6.07, 6.45) is -5.75. The Balaban J connectivity index is 4.36. The summed E-state index contributed by atoms with van der Waals surface area (Å²) >= 11 is 0. The number of hydrogen-bond acceptors (Lipinski definition) is 4. The highest BCUT2D eigenvalue weighted by atomic mass is 19.4. The number of carbonyl (C=O) groups excluding carboxylic acids is 2. The minimum atomic E-state index is -4.49. The number of carbonyl (C=O) groups is 2. The molecule has 0 aliphatic rings. The van der Waals surface area contributed by atoms with Gasteiger partial charge in [-0.1, -0.05) is 13.8 Å².